The maximum absolute atomic E-state index is 5.78. The van der Waals surface area contributed by atoms with Crippen LogP contribution in [-0.2, 0) is 4.74 Å². The third-order valence-corrected chi connectivity index (χ3v) is 3.28. The zero-order chi connectivity index (χ0) is 11.8. The first-order chi connectivity index (χ1) is 7.77. The van der Waals surface area contributed by atoms with E-state index in [0.29, 0.717) is 6.04 Å². The van der Waals surface area contributed by atoms with Crippen molar-refractivity contribution in [3.63, 3.8) is 0 Å². The van der Waals surface area contributed by atoms with Gasteiger partial charge in [0.2, 0.25) is 0 Å². The topological polar surface area (TPSA) is 21.3 Å². The molecule has 1 aliphatic heterocycles. The van der Waals surface area contributed by atoms with Gasteiger partial charge in [0.1, 0.15) is 5.76 Å². The van der Waals surface area contributed by atoms with Crippen molar-refractivity contribution in [1.82, 2.24) is 5.32 Å². The van der Waals surface area contributed by atoms with Crippen LogP contribution in [-0.4, -0.2) is 19.2 Å². The average Bonchev–Trinajstić information content (AvgIpc) is 2.35. The Morgan fingerprint density at radius 2 is 2.25 bits per heavy atom. The lowest BCUT2D eigenvalue weighted by molar-refractivity contribution is 0.160. The van der Waals surface area contributed by atoms with Crippen molar-refractivity contribution < 1.29 is 4.74 Å². The molecule has 0 radical (unpaired) electrons. The Morgan fingerprint density at radius 3 is 2.81 bits per heavy atom. The lowest BCUT2D eigenvalue weighted by Crippen LogP contribution is -2.35. The molecule has 0 aromatic heterocycles. The summed E-state index contributed by atoms with van der Waals surface area (Å²) >= 11 is 0. The molecule has 2 heteroatoms. The van der Waals surface area contributed by atoms with E-state index in [4.69, 9.17) is 4.74 Å². The summed E-state index contributed by atoms with van der Waals surface area (Å²) in [4.78, 5) is 0. The van der Waals surface area contributed by atoms with Crippen molar-refractivity contribution in [2.75, 3.05) is 13.2 Å². The normalized spacial score (nSPS) is 19.8. The van der Waals surface area contributed by atoms with E-state index in [1.54, 1.807) is 0 Å². The Hall–Kier alpha value is -0.500. The molecule has 1 rings (SSSR count). The molecule has 0 aromatic carbocycles. The molecule has 2 nitrogen and oxygen atoms in total. The first kappa shape index (κ1) is 13.6. The molecule has 0 saturated heterocycles. The van der Waals surface area contributed by atoms with Gasteiger partial charge in [-0.05, 0) is 44.2 Å². The van der Waals surface area contributed by atoms with E-state index in [1.165, 1.54) is 37.9 Å². The lowest BCUT2D eigenvalue weighted by Gasteiger charge is -2.26. The Kier molecular flexibility index (Phi) is 6.55. The standard InChI is InChI=1S/C14H27NO/c1-4-9-15-13(11-12(3)5-2)14-8-6-7-10-16-14/h8,12-13,15H,4-7,9-11H2,1-3H3. The average molecular weight is 225 g/mol. The summed E-state index contributed by atoms with van der Waals surface area (Å²) in [6.45, 7) is 8.78. The van der Waals surface area contributed by atoms with Gasteiger partial charge >= 0.3 is 0 Å². The van der Waals surface area contributed by atoms with Crippen molar-refractivity contribution in [2.24, 2.45) is 5.92 Å². The van der Waals surface area contributed by atoms with Crippen LogP contribution in [0.3, 0.4) is 0 Å². The summed E-state index contributed by atoms with van der Waals surface area (Å²) in [6, 6.07) is 0.440. The summed E-state index contributed by atoms with van der Waals surface area (Å²) in [6.07, 6.45) is 8.26. The van der Waals surface area contributed by atoms with Gasteiger partial charge in [0, 0.05) is 0 Å². The Morgan fingerprint density at radius 1 is 1.44 bits per heavy atom. The summed E-state index contributed by atoms with van der Waals surface area (Å²) in [7, 11) is 0. The van der Waals surface area contributed by atoms with Gasteiger partial charge < -0.3 is 10.1 Å². The van der Waals surface area contributed by atoms with Crippen LogP contribution in [0.15, 0.2) is 11.8 Å². The van der Waals surface area contributed by atoms with Crippen LogP contribution in [0, 0.1) is 5.92 Å². The molecule has 0 saturated carbocycles. The fourth-order valence-electron chi connectivity index (χ4n) is 2.01. The molecule has 2 atom stereocenters. The van der Waals surface area contributed by atoms with Crippen molar-refractivity contribution in [2.45, 2.75) is 58.9 Å². The van der Waals surface area contributed by atoms with Crippen LogP contribution in [0.4, 0.5) is 0 Å². The van der Waals surface area contributed by atoms with Gasteiger partial charge in [-0.2, -0.15) is 0 Å². The second kappa shape index (κ2) is 7.72. The van der Waals surface area contributed by atoms with Crippen molar-refractivity contribution in [3.05, 3.63) is 11.8 Å². The van der Waals surface area contributed by atoms with E-state index in [9.17, 15) is 0 Å². The predicted molar refractivity (Wildman–Crippen MR) is 69.4 cm³/mol. The highest BCUT2D eigenvalue weighted by molar-refractivity contribution is 5.05. The van der Waals surface area contributed by atoms with E-state index in [2.05, 4.69) is 32.2 Å². The van der Waals surface area contributed by atoms with E-state index in [-0.39, 0.29) is 0 Å². The highest BCUT2D eigenvalue weighted by atomic mass is 16.5. The summed E-state index contributed by atoms with van der Waals surface area (Å²) in [5.41, 5.74) is 0. The fourth-order valence-corrected chi connectivity index (χ4v) is 2.01. The van der Waals surface area contributed by atoms with Gasteiger partial charge in [0.25, 0.3) is 0 Å². The van der Waals surface area contributed by atoms with Crippen molar-refractivity contribution in [1.29, 1.82) is 0 Å². The molecule has 0 bridgehead atoms. The molecule has 1 aliphatic rings. The molecular weight excluding hydrogens is 198 g/mol. The molecule has 2 unspecified atom stereocenters. The predicted octanol–water partition coefficient (Wildman–Crippen LogP) is 3.49. The molecule has 1 heterocycles. The van der Waals surface area contributed by atoms with Gasteiger partial charge in [0.05, 0.1) is 12.6 Å². The second-order valence-corrected chi connectivity index (χ2v) is 4.85. The third-order valence-electron chi connectivity index (χ3n) is 3.28. The molecule has 1 N–H and O–H groups in total. The lowest BCUT2D eigenvalue weighted by atomic mass is 9.97. The van der Waals surface area contributed by atoms with Crippen LogP contribution in [0.25, 0.3) is 0 Å². The maximum atomic E-state index is 5.78. The Bertz CT molecular complexity index is 213. The van der Waals surface area contributed by atoms with Gasteiger partial charge in [-0.3, -0.25) is 0 Å². The summed E-state index contributed by atoms with van der Waals surface area (Å²) < 4.78 is 5.78. The first-order valence-corrected chi connectivity index (χ1v) is 6.84. The highest BCUT2D eigenvalue weighted by Crippen LogP contribution is 2.20. The van der Waals surface area contributed by atoms with E-state index in [0.717, 1.165) is 19.1 Å². The number of allylic oxidation sites excluding steroid dienone is 1. The number of ether oxygens (including phenoxy) is 1. The second-order valence-electron chi connectivity index (χ2n) is 4.85. The van der Waals surface area contributed by atoms with Crippen LogP contribution >= 0.6 is 0 Å². The summed E-state index contributed by atoms with van der Waals surface area (Å²) in [5, 5.41) is 3.61. The minimum absolute atomic E-state index is 0.440. The smallest absolute Gasteiger partial charge is 0.109 e. The SMILES string of the molecule is CCCNC(CC(C)CC)C1=CCCCO1. The van der Waals surface area contributed by atoms with E-state index >= 15 is 0 Å². The van der Waals surface area contributed by atoms with Gasteiger partial charge in [0.15, 0.2) is 0 Å². The van der Waals surface area contributed by atoms with Gasteiger partial charge in [-0.1, -0.05) is 27.2 Å². The molecule has 16 heavy (non-hydrogen) atoms. The Balaban J connectivity index is 2.51. The largest absolute Gasteiger partial charge is 0.497 e. The molecule has 94 valence electrons. The van der Waals surface area contributed by atoms with E-state index < -0.39 is 0 Å². The molecule has 0 fully saturated rings. The zero-order valence-corrected chi connectivity index (χ0v) is 11.1. The van der Waals surface area contributed by atoms with Crippen LogP contribution in [0.1, 0.15) is 52.9 Å². The van der Waals surface area contributed by atoms with Gasteiger partial charge in [-0.15, -0.1) is 0 Å². The summed E-state index contributed by atoms with van der Waals surface area (Å²) in [5.74, 6) is 1.96. The minimum atomic E-state index is 0.440. The minimum Gasteiger partial charge on any atom is -0.497 e. The van der Waals surface area contributed by atoms with Crippen molar-refractivity contribution >= 4 is 0 Å². The highest BCUT2D eigenvalue weighted by Gasteiger charge is 2.19. The Labute approximate surface area is 100 Å². The number of nitrogens with one attached hydrogen (secondary N) is 1. The van der Waals surface area contributed by atoms with Crippen LogP contribution in [0.5, 0.6) is 0 Å². The first-order valence-electron chi connectivity index (χ1n) is 6.84. The number of hydrogen-bond acceptors (Lipinski definition) is 2. The molecular formula is C14H27NO. The molecule has 0 amide bonds. The third kappa shape index (κ3) is 4.56. The molecule has 0 aromatic rings. The fraction of sp³-hybridized carbons (Fsp3) is 0.857. The van der Waals surface area contributed by atoms with E-state index in [1.807, 2.05) is 0 Å². The number of hydrogen-bond donors (Lipinski definition) is 1. The monoisotopic (exact) mass is 225 g/mol. The molecule has 0 spiro atoms. The quantitative estimate of drug-likeness (QED) is 0.716. The van der Waals surface area contributed by atoms with Crippen LogP contribution in [0.2, 0.25) is 0 Å². The van der Waals surface area contributed by atoms with Gasteiger partial charge in [-0.25, -0.2) is 0 Å². The number of rotatable bonds is 7. The van der Waals surface area contributed by atoms with Crippen LogP contribution < -0.4 is 5.32 Å². The maximum Gasteiger partial charge on any atom is 0.109 e. The zero-order valence-electron chi connectivity index (χ0n) is 11.1. The van der Waals surface area contributed by atoms with Crippen molar-refractivity contribution in [3.8, 4) is 0 Å². The molecule has 0 aliphatic carbocycles.